The maximum atomic E-state index is 14.5. The van der Waals surface area contributed by atoms with Gasteiger partial charge in [-0.3, -0.25) is 0 Å². The summed E-state index contributed by atoms with van der Waals surface area (Å²) in [5.41, 5.74) is 0.898. The lowest BCUT2D eigenvalue weighted by molar-refractivity contribution is 0.442. The number of halogens is 1. The normalized spacial score (nSPS) is 11.5. The summed E-state index contributed by atoms with van der Waals surface area (Å²) in [5.74, 6) is 0.453. The molecule has 0 aliphatic heterocycles. The Morgan fingerprint density at radius 3 is 1.56 bits per heavy atom. The molecule has 0 aliphatic carbocycles. The van der Waals surface area contributed by atoms with Gasteiger partial charge < -0.3 is 4.74 Å². The van der Waals surface area contributed by atoms with E-state index in [0.29, 0.717) is 5.75 Å². The molecule has 0 heterocycles. The lowest BCUT2D eigenvalue weighted by atomic mass is 10.2. The van der Waals surface area contributed by atoms with Crippen molar-refractivity contribution in [3.8, 4) is 11.5 Å². The van der Waals surface area contributed by atoms with Gasteiger partial charge in [0, 0.05) is 0 Å². The van der Waals surface area contributed by atoms with Gasteiger partial charge in [0.1, 0.15) is 28.9 Å². The fourth-order valence-electron chi connectivity index (χ4n) is 4.48. The van der Waals surface area contributed by atoms with E-state index in [4.69, 9.17) is 4.74 Å². The number of ether oxygens (including phenoxy) is 1. The monoisotopic (exact) mass is 489 g/mol. The van der Waals surface area contributed by atoms with Gasteiger partial charge >= 0.3 is 0 Å². The number of allylic oxidation sites excluding steroid dienone is 1. The van der Waals surface area contributed by atoms with Crippen LogP contribution in [0.3, 0.4) is 0 Å². The maximum Gasteiger partial charge on any atom is 0.165 e. The minimum absolute atomic E-state index is 0.221. The minimum atomic E-state index is -1.96. The van der Waals surface area contributed by atoms with Crippen LogP contribution >= 0.6 is 7.26 Å². The third kappa shape index (κ3) is 5.15. The van der Waals surface area contributed by atoms with Crippen LogP contribution in [0.5, 0.6) is 11.5 Å². The lowest BCUT2D eigenvalue weighted by Gasteiger charge is -2.26. The van der Waals surface area contributed by atoms with Crippen molar-refractivity contribution in [2.75, 3.05) is 6.16 Å². The Balaban J connectivity index is 1.53. The second-order valence-electron chi connectivity index (χ2n) is 8.51. The van der Waals surface area contributed by atoms with Crippen LogP contribution in [0, 0.1) is 5.82 Å². The Hall–Kier alpha value is -4.00. The van der Waals surface area contributed by atoms with Crippen LogP contribution in [-0.4, -0.2) is 6.16 Å². The summed E-state index contributed by atoms with van der Waals surface area (Å²) in [4.78, 5) is 0. The molecule has 0 aromatic heterocycles. The highest BCUT2D eigenvalue weighted by molar-refractivity contribution is 7.95. The summed E-state index contributed by atoms with van der Waals surface area (Å²) in [6.45, 7) is 0. The molecule has 5 rings (SSSR count). The summed E-state index contributed by atoms with van der Waals surface area (Å²) >= 11 is 0. The standard InChI is InChI=1S/C33H27FOP/c34-32-24-23-27(26-33(32)35-28-15-5-1-6-16-28)14-13-25-36(29-17-7-2-8-18-29,30-19-9-3-10-20-30)31-21-11-4-12-22-31/h1-24,26H,25H2/q+1. The Morgan fingerprint density at radius 2 is 1.06 bits per heavy atom. The van der Waals surface area contributed by atoms with Crippen LogP contribution in [0.15, 0.2) is 146 Å². The topological polar surface area (TPSA) is 9.23 Å². The van der Waals surface area contributed by atoms with Crippen molar-refractivity contribution in [2.24, 2.45) is 0 Å². The minimum Gasteiger partial charge on any atom is -0.454 e. The van der Waals surface area contributed by atoms with E-state index in [9.17, 15) is 4.39 Å². The van der Waals surface area contributed by atoms with Crippen LogP contribution < -0.4 is 20.7 Å². The number of hydrogen-bond donors (Lipinski definition) is 0. The highest BCUT2D eigenvalue weighted by Gasteiger charge is 2.44. The maximum absolute atomic E-state index is 14.5. The quantitative estimate of drug-likeness (QED) is 0.204. The van der Waals surface area contributed by atoms with E-state index in [-0.39, 0.29) is 11.6 Å². The van der Waals surface area contributed by atoms with Crippen LogP contribution in [0.2, 0.25) is 0 Å². The molecule has 3 heteroatoms. The van der Waals surface area contributed by atoms with Gasteiger partial charge in [-0.15, -0.1) is 0 Å². The Kier molecular flexibility index (Phi) is 7.36. The summed E-state index contributed by atoms with van der Waals surface area (Å²) in [6.07, 6.45) is 5.14. The predicted octanol–water partition coefficient (Wildman–Crippen LogP) is 7.63. The first kappa shape index (κ1) is 23.7. The van der Waals surface area contributed by atoms with Crippen LogP contribution in [0.1, 0.15) is 5.56 Å². The molecule has 0 aliphatic rings. The van der Waals surface area contributed by atoms with Crippen molar-refractivity contribution < 1.29 is 9.13 Å². The zero-order chi connectivity index (χ0) is 24.6. The second-order valence-corrected chi connectivity index (χ2v) is 12.0. The van der Waals surface area contributed by atoms with Crippen molar-refractivity contribution in [1.82, 2.24) is 0 Å². The highest BCUT2D eigenvalue weighted by atomic mass is 31.2. The third-order valence-corrected chi connectivity index (χ3v) is 10.5. The van der Waals surface area contributed by atoms with Gasteiger partial charge in [0.25, 0.3) is 0 Å². The molecule has 5 aromatic carbocycles. The average Bonchev–Trinajstić information content (AvgIpc) is 2.95. The average molecular weight is 490 g/mol. The molecular formula is C33H27FOP+. The molecule has 0 atom stereocenters. The number of benzene rings is 5. The summed E-state index contributed by atoms with van der Waals surface area (Å²) in [6, 6.07) is 46.7. The van der Waals surface area contributed by atoms with Gasteiger partial charge in [-0.25, -0.2) is 4.39 Å². The Morgan fingerprint density at radius 1 is 0.583 bits per heavy atom. The fourth-order valence-corrected chi connectivity index (χ4v) is 8.47. The molecule has 0 N–H and O–H groups in total. The van der Waals surface area contributed by atoms with Gasteiger partial charge in [0.05, 0.1) is 6.16 Å². The van der Waals surface area contributed by atoms with E-state index in [2.05, 4.69) is 103 Å². The summed E-state index contributed by atoms with van der Waals surface area (Å²) in [5, 5.41) is 4.00. The molecule has 5 aromatic rings. The fraction of sp³-hybridized carbons (Fsp3) is 0.0303. The van der Waals surface area contributed by atoms with Gasteiger partial charge in [-0.05, 0) is 72.3 Å². The molecule has 0 saturated carbocycles. The van der Waals surface area contributed by atoms with Gasteiger partial charge in [-0.1, -0.05) is 84.9 Å². The molecule has 0 spiro atoms. The van der Waals surface area contributed by atoms with Gasteiger partial charge in [-0.2, -0.15) is 0 Å². The molecule has 0 fully saturated rings. The van der Waals surface area contributed by atoms with E-state index < -0.39 is 7.26 Å². The van der Waals surface area contributed by atoms with E-state index in [0.717, 1.165) is 11.7 Å². The Labute approximate surface area is 212 Å². The summed E-state index contributed by atoms with van der Waals surface area (Å²) in [7, 11) is -1.96. The van der Waals surface area contributed by atoms with Crippen LogP contribution in [0.4, 0.5) is 4.39 Å². The van der Waals surface area contributed by atoms with E-state index in [1.54, 1.807) is 12.1 Å². The molecule has 0 unspecified atom stereocenters. The third-order valence-electron chi connectivity index (χ3n) is 6.21. The molecule has 1 nitrogen and oxygen atoms in total. The number of rotatable bonds is 8. The Bertz CT molecular complexity index is 1320. The van der Waals surface area contributed by atoms with Crippen molar-refractivity contribution in [1.29, 1.82) is 0 Å². The van der Waals surface area contributed by atoms with Gasteiger partial charge in [0.15, 0.2) is 11.6 Å². The number of para-hydroxylation sites is 1. The highest BCUT2D eigenvalue weighted by Crippen LogP contribution is 2.55. The zero-order valence-electron chi connectivity index (χ0n) is 19.9. The van der Waals surface area contributed by atoms with Crippen LogP contribution in [0.25, 0.3) is 6.08 Å². The molecule has 0 saturated heterocycles. The smallest absolute Gasteiger partial charge is 0.165 e. The van der Waals surface area contributed by atoms with E-state index >= 15 is 0 Å². The SMILES string of the molecule is Fc1ccc(C=CC[P+](c2ccccc2)(c2ccccc2)c2ccccc2)cc1Oc1ccccc1. The van der Waals surface area contributed by atoms with E-state index in [1.807, 2.05) is 30.3 Å². The van der Waals surface area contributed by atoms with Crippen molar-refractivity contribution in [3.63, 3.8) is 0 Å². The first-order valence-corrected chi connectivity index (χ1v) is 14.0. The molecule has 176 valence electrons. The molecule has 0 radical (unpaired) electrons. The second kappa shape index (κ2) is 11.2. The first-order valence-electron chi connectivity index (χ1n) is 12.0. The van der Waals surface area contributed by atoms with Crippen molar-refractivity contribution in [3.05, 3.63) is 157 Å². The van der Waals surface area contributed by atoms with Crippen molar-refractivity contribution >= 4 is 29.3 Å². The molecular weight excluding hydrogens is 462 g/mol. The lowest BCUT2D eigenvalue weighted by Crippen LogP contribution is -2.32. The summed E-state index contributed by atoms with van der Waals surface area (Å²) < 4.78 is 20.3. The van der Waals surface area contributed by atoms with Crippen molar-refractivity contribution in [2.45, 2.75) is 0 Å². The largest absolute Gasteiger partial charge is 0.454 e. The molecule has 36 heavy (non-hydrogen) atoms. The first-order chi connectivity index (χ1) is 17.8. The van der Waals surface area contributed by atoms with Crippen LogP contribution in [-0.2, 0) is 0 Å². The molecule has 0 bridgehead atoms. The predicted molar refractivity (Wildman–Crippen MR) is 152 cm³/mol. The van der Waals surface area contributed by atoms with E-state index in [1.165, 1.54) is 22.0 Å². The number of hydrogen-bond acceptors (Lipinski definition) is 1. The zero-order valence-corrected chi connectivity index (χ0v) is 20.8. The van der Waals surface area contributed by atoms with Gasteiger partial charge in [0.2, 0.25) is 0 Å². The molecule has 0 amide bonds.